The Hall–Kier alpha value is -2.67. The van der Waals surface area contributed by atoms with Crippen molar-refractivity contribution in [2.45, 2.75) is 0 Å². The number of hydrogen-bond acceptors (Lipinski definition) is 6. The summed E-state index contributed by atoms with van der Waals surface area (Å²) in [6.07, 6.45) is 0. The van der Waals surface area contributed by atoms with E-state index < -0.39 is 0 Å². The second kappa shape index (κ2) is 5.98. The van der Waals surface area contributed by atoms with Crippen LogP contribution in [0.15, 0.2) is 36.4 Å². The van der Waals surface area contributed by atoms with E-state index in [1.807, 2.05) is 0 Å². The van der Waals surface area contributed by atoms with Crippen molar-refractivity contribution in [2.24, 2.45) is 5.84 Å². The number of anilines is 2. The minimum Gasteiger partial charge on any atom is -0.497 e. The number of carbonyl (C=O) groups is 1. The molecule has 0 saturated carbocycles. The number of methoxy groups -OCH3 is 1. The molecule has 20 heavy (non-hydrogen) atoms. The summed E-state index contributed by atoms with van der Waals surface area (Å²) in [4.78, 5) is 13.7. The highest BCUT2D eigenvalue weighted by Crippen LogP contribution is 2.19. The molecular formula is C13H15N5O2. The molecule has 104 valence electrons. The Morgan fingerprint density at radius 3 is 2.40 bits per heavy atom. The molecule has 0 aliphatic carbocycles. The smallest absolute Gasteiger partial charge is 0.278 e. The summed E-state index contributed by atoms with van der Waals surface area (Å²) in [5.41, 5.74) is 3.33. The second-order valence-corrected chi connectivity index (χ2v) is 4.01. The van der Waals surface area contributed by atoms with Crippen LogP contribution in [0.5, 0.6) is 5.75 Å². The van der Waals surface area contributed by atoms with Crippen LogP contribution in [0.25, 0.3) is 0 Å². The molecule has 2 rings (SSSR count). The number of aromatic nitrogens is 2. The zero-order chi connectivity index (χ0) is 14.5. The molecule has 1 aromatic carbocycles. The number of rotatable bonds is 4. The largest absolute Gasteiger partial charge is 0.497 e. The zero-order valence-corrected chi connectivity index (χ0v) is 11.2. The van der Waals surface area contributed by atoms with Crippen LogP contribution >= 0.6 is 0 Å². The highest BCUT2D eigenvalue weighted by Gasteiger charge is 2.15. The normalized spacial score (nSPS) is 9.95. The first-order chi connectivity index (χ1) is 9.65. The number of hydrazine groups is 1. The fourth-order valence-corrected chi connectivity index (χ4v) is 1.62. The van der Waals surface area contributed by atoms with E-state index in [2.05, 4.69) is 15.6 Å². The van der Waals surface area contributed by atoms with Gasteiger partial charge in [-0.05, 0) is 36.4 Å². The van der Waals surface area contributed by atoms with Crippen LogP contribution in [-0.4, -0.2) is 30.3 Å². The van der Waals surface area contributed by atoms with Gasteiger partial charge in [0.05, 0.1) is 7.11 Å². The van der Waals surface area contributed by atoms with Gasteiger partial charge in [-0.15, -0.1) is 10.2 Å². The molecule has 1 amide bonds. The third-order valence-corrected chi connectivity index (χ3v) is 2.80. The minimum atomic E-state index is -0.258. The molecule has 0 unspecified atom stereocenters. The summed E-state index contributed by atoms with van der Waals surface area (Å²) in [5, 5.41) is 7.59. The minimum absolute atomic E-state index is 0.238. The Morgan fingerprint density at radius 2 is 1.90 bits per heavy atom. The predicted molar refractivity (Wildman–Crippen MR) is 75.6 cm³/mol. The van der Waals surface area contributed by atoms with Crippen molar-refractivity contribution in [3.8, 4) is 5.75 Å². The molecule has 1 aromatic heterocycles. The first kappa shape index (κ1) is 13.8. The highest BCUT2D eigenvalue weighted by atomic mass is 16.5. The predicted octanol–water partition coefficient (Wildman–Crippen LogP) is 1.05. The quantitative estimate of drug-likeness (QED) is 0.639. The molecule has 7 nitrogen and oxygen atoms in total. The zero-order valence-electron chi connectivity index (χ0n) is 11.2. The average Bonchev–Trinajstić information content (AvgIpc) is 2.53. The van der Waals surface area contributed by atoms with Gasteiger partial charge in [0.1, 0.15) is 5.75 Å². The summed E-state index contributed by atoms with van der Waals surface area (Å²) in [5.74, 6) is 6.06. The lowest BCUT2D eigenvalue weighted by Crippen LogP contribution is -2.27. The molecule has 3 N–H and O–H groups in total. The fourth-order valence-electron chi connectivity index (χ4n) is 1.62. The van der Waals surface area contributed by atoms with Gasteiger partial charge in [0, 0.05) is 12.7 Å². The number of nitrogens with one attached hydrogen (secondary N) is 1. The summed E-state index contributed by atoms with van der Waals surface area (Å²) in [6, 6.07) is 10.3. The van der Waals surface area contributed by atoms with E-state index in [4.69, 9.17) is 10.6 Å². The van der Waals surface area contributed by atoms with Crippen LogP contribution in [0.4, 0.5) is 11.5 Å². The monoisotopic (exact) mass is 273 g/mol. The van der Waals surface area contributed by atoms with E-state index in [9.17, 15) is 4.79 Å². The van der Waals surface area contributed by atoms with Gasteiger partial charge in [-0.1, -0.05) is 0 Å². The average molecular weight is 273 g/mol. The van der Waals surface area contributed by atoms with Crippen molar-refractivity contribution >= 4 is 17.4 Å². The lowest BCUT2D eigenvalue weighted by atomic mass is 10.2. The topological polar surface area (TPSA) is 93.4 Å². The summed E-state index contributed by atoms with van der Waals surface area (Å²) in [6.45, 7) is 0. The van der Waals surface area contributed by atoms with Gasteiger partial charge in [-0.2, -0.15) is 0 Å². The third-order valence-electron chi connectivity index (χ3n) is 2.80. The number of amides is 1. The number of carbonyl (C=O) groups excluding carboxylic acids is 1. The number of hydrogen-bond donors (Lipinski definition) is 2. The Morgan fingerprint density at radius 1 is 1.20 bits per heavy atom. The maximum absolute atomic E-state index is 12.2. The van der Waals surface area contributed by atoms with Crippen molar-refractivity contribution in [1.82, 2.24) is 10.2 Å². The van der Waals surface area contributed by atoms with Gasteiger partial charge in [-0.25, -0.2) is 5.84 Å². The van der Waals surface area contributed by atoms with Gasteiger partial charge >= 0.3 is 0 Å². The Bertz CT molecular complexity index is 583. The molecule has 0 fully saturated rings. The lowest BCUT2D eigenvalue weighted by Gasteiger charge is -2.16. The molecule has 0 spiro atoms. The van der Waals surface area contributed by atoms with E-state index >= 15 is 0 Å². The Labute approximate surface area is 116 Å². The van der Waals surface area contributed by atoms with Crippen LogP contribution in [0.2, 0.25) is 0 Å². The maximum Gasteiger partial charge on any atom is 0.278 e. The Balaban J connectivity index is 2.17. The molecule has 0 radical (unpaired) electrons. The number of nitrogen functional groups attached to an aromatic ring is 1. The van der Waals surface area contributed by atoms with Gasteiger partial charge < -0.3 is 15.1 Å². The highest BCUT2D eigenvalue weighted by molar-refractivity contribution is 6.04. The van der Waals surface area contributed by atoms with Crippen LogP contribution in [-0.2, 0) is 0 Å². The van der Waals surface area contributed by atoms with Crippen LogP contribution < -0.4 is 20.9 Å². The van der Waals surface area contributed by atoms with Gasteiger partial charge in [-0.3, -0.25) is 4.79 Å². The Kier molecular flexibility index (Phi) is 4.11. The van der Waals surface area contributed by atoms with Crippen molar-refractivity contribution in [3.63, 3.8) is 0 Å². The van der Waals surface area contributed by atoms with Crippen molar-refractivity contribution in [2.75, 3.05) is 24.5 Å². The molecule has 0 bridgehead atoms. The summed E-state index contributed by atoms with van der Waals surface area (Å²) >= 11 is 0. The molecule has 0 aliphatic rings. The summed E-state index contributed by atoms with van der Waals surface area (Å²) in [7, 11) is 3.26. The standard InChI is InChI=1S/C13H15N5O2/c1-18(9-3-5-10(20-2)6-4-9)13(19)11-7-8-12(15-14)17-16-11/h3-8H,14H2,1-2H3,(H,15,17). The summed E-state index contributed by atoms with van der Waals surface area (Å²) < 4.78 is 5.07. The first-order valence-corrected chi connectivity index (χ1v) is 5.88. The van der Waals surface area contributed by atoms with E-state index in [0.29, 0.717) is 5.82 Å². The lowest BCUT2D eigenvalue weighted by molar-refractivity contribution is 0.0987. The molecular weight excluding hydrogens is 258 g/mol. The SMILES string of the molecule is COc1ccc(N(C)C(=O)c2ccc(NN)nn2)cc1. The van der Waals surface area contributed by atoms with Crippen molar-refractivity contribution in [1.29, 1.82) is 0 Å². The maximum atomic E-state index is 12.2. The molecule has 0 atom stereocenters. The van der Waals surface area contributed by atoms with Gasteiger partial charge in [0.2, 0.25) is 0 Å². The number of nitrogens with zero attached hydrogens (tertiary/aromatic N) is 3. The molecule has 7 heteroatoms. The molecule has 1 heterocycles. The van der Waals surface area contributed by atoms with Crippen LogP contribution in [0, 0.1) is 0 Å². The van der Waals surface area contributed by atoms with E-state index in [1.165, 1.54) is 4.90 Å². The van der Waals surface area contributed by atoms with Crippen molar-refractivity contribution in [3.05, 3.63) is 42.1 Å². The number of benzene rings is 1. The van der Waals surface area contributed by atoms with E-state index in [0.717, 1.165) is 11.4 Å². The second-order valence-electron chi connectivity index (χ2n) is 4.01. The third kappa shape index (κ3) is 2.83. The van der Waals surface area contributed by atoms with Gasteiger partial charge in [0.15, 0.2) is 11.5 Å². The first-order valence-electron chi connectivity index (χ1n) is 5.88. The van der Waals surface area contributed by atoms with E-state index in [1.54, 1.807) is 50.6 Å². The number of ether oxygens (including phenoxy) is 1. The molecule has 2 aromatic rings. The molecule has 0 saturated heterocycles. The fraction of sp³-hybridized carbons (Fsp3) is 0.154. The molecule has 0 aliphatic heterocycles. The number of nitrogens with two attached hydrogens (primary N) is 1. The van der Waals surface area contributed by atoms with Crippen LogP contribution in [0.3, 0.4) is 0 Å². The van der Waals surface area contributed by atoms with Gasteiger partial charge in [0.25, 0.3) is 5.91 Å². The van der Waals surface area contributed by atoms with Crippen LogP contribution in [0.1, 0.15) is 10.5 Å². The van der Waals surface area contributed by atoms with E-state index in [-0.39, 0.29) is 11.6 Å². The van der Waals surface area contributed by atoms with Crippen molar-refractivity contribution < 1.29 is 9.53 Å².